The van der Waals surface area contributed by atoms with E-state index in [1.165, 1.54) is 199 Å². The van der Waals surface area contributed by atoms with Crippen LogP contribution < -0.4 is 5.32 Å². The largest absolute Gasteiger partial charge is 0.394 e. The number of unbranched alkanes of at least 4 members (excludes halogenated alkanes) is 32. The topological polar surface area (TPSA) is 69.6 Å². The van der Waals surface area contributed by atoms with E-state index in [0.29, 0.717) is 6.42 Å². The molecule has 56 heavy (non-hydrogen) atoms. The van der Waals surface area contributed by atoms with Gasteiger partial charge in [-0.15, -0.1) is 0 Å². The zero-order valence-electron chi connectivity index (χ0n) is 37.7. The highest BCUT2D eigenvalue weighted by molar-refractivity contribution is 5.76. The number of hydrogen-bond donors (Lipinski definition) is 3. The van der Waals surface area contributed by atoms with Gasteiger partial charge < -0.3 is 15.5 Å². The summed E-state index contributed by atoms with van der Waals surface area (Å²) in [5, 5.41) is 23.1. The van der Waals surface area contributed by atoms with Gasteiger partial charge in [0, 0.05) is 6.42 Å². The van der Waals surface area contributed by atoms with Crippen LogP contribution in [0.5, 0.6) is 0 Å². The van der Waals surface area contributed by atoms with Gasteiger partial charge in [0.25, 0.3) is 0 Å². The summed E-state index contributed by atoms with van der Waals surface area (Å²) in [5.41, 5.74) is 0. The smallest absolute Gasteiger partial charge is 0.220 e. The molecule has 0 aromatic heterocycles. The molecule has 0 aromatic carbocycles. The molecule has 2 atom stereocenters. The minimum Gasteiger partial charge on any atom is -0.394 e. The van der Waals surface area contributed by atoms with Crippen LogP contribution in [0.25, 0.3) is 0 Å². The van der Waals surface area contributed by atoms with Crippen LogP contribution in [0, 0.1) is 0 Å². The van der Waals surface area contributed by atoms with Gasteiger partial charge in [0.05, 0.1) is 18.8 Å². The van der Waals surface area contributed by atoms with Crippen molar-refractivity contribution >= 4 is 5.91 Å². The van der Waals surface area contributed by atoms with Crippen molar-refractivity contribution in [3.8, 4) is 0 Å². The number of aliphatic hydroxyl groups excluding tert-OH is 2. The van der Waals surface area contributed by atoms with E-state index in [4.69, 9.17) is 0 Å². The highest BCUT2D eigenvalue weighted by Crippen LogP contribution is 2.15. The molecule has 0 aliphatic carbocycles. The van der Waals surface area contributed by atoms with Gasteiger partial charge in [-0.3, -0.25) is 4.79 Å². The molecule has 1 amide bonds. The van der Waals surface area contributed by atoms with Crippen molar-refractivity contribution in [2.75, 3.05) is 6.61 Å². The Balaban J connectivity index is 3.61. The summed E-state index contributed by atoms with van der Waals surface area (Å²) in [5.74, 6) is -0.0811. The average Bonchev–Trinajstić information content (AvgIpc) is 3.20. The van der Waals surface area contributed by atoms with Gasteiger partial charge in [-0.1, -0.05) is 229 Å². The number of rotatable bonds is 45. The molecule has 0 bridgehead atoms. The van der Waals surface area contributed by atoms with Crippen molar-refractivity contribution in [2.24, 2.45) is 0 Å². The Hall–Kier alpha value is -1.65. The highest BCUT2D eigenvalue weighted by atomic mass is 16.3. The van der Waals surface area contributed by atoms with Gasteiger partial charge in [-0.25, -0.2) is 0 Å². The van der Waals surface area contributed by atoms with E-state index in [1.807, 2.05) is 6.08 Å². The summed E-state index contributed by atoms with van der Waals surface area (Å²) in [7, 11) is 0. The summed E-state index contributed by atoms with van der Waals surface area (Å²) in [6.07, 6.45) is 65.3. The Morgan fingerprint density at radius 3 is 1.04 bits per heavy atom. The molecule has 0 heterocycles. The van der Waals surface area contributed by atoms with Crippen LogP contribution in [0.3, 0.4) is 0 Å². The lowest BCUT2D eigenvalue weighted by atomic mass is 10.0. The molecule has 0 radical (unpaired) electrons. The SMILES string of the molecule is CCCCCCCCCCCC/C=C\CCCCCCCCCC(=O)NC(CO)C(O)/C=C/CC/C=C/CC/C=C/CCCCCCCCCCCCCCC. The molecule has 0 aliphatic heterocycles. The Morgan fingerprint density at radius 1 is 0.411 bits per heavy atom. The van der Waals surface area contributed by atoms with Crippen molar-refractivity contribution in [2.45, 2.75) is 270 Å². The van der Waals surface area contributed by atoms with E-state index < -0.39 is 12.1 Å². The Bertz CT molecular complexity index is 893. The fraction of sp³-hybridized carbons (Fsp3) is 0.827. The van der Waals surface area contributed by atoms with Gasteiger partial charge in [0.2, 0.25) is 5.91 Å². The van der Waals surface area contributed by atoms with Crippen LogP contribution in [0.4, 0.5) is 0 Å². The summed E-state index contributed by atoms with van der Waals surface area (Å²) in [4.78, 5) is 12.4. The molecular weight excluding hydrogens is 687 g/mol. The maximum atomic E-state index is 12.4. The summed E-state index contributed by atoms with van der Waals surface area (Å²) >= 11 is 0. The third-order valence-electron chi connectivity index (χ3n) is 11.3. The van der Waals surface area contributed by atoms with Crippen LogP contribution in [0.2, 0.25) is 0 Å². The number of carbonyl (C=O) groups excluding carboxylic acids is 1. The van der Waals surface area contributed by atoms with Crippen molar-refractivity contribution in [3.05, 3.63) is 48.6 Å². The van der Waals surface area contributed by atoms with Crippen LogP contribution in [-0.2, 0) is 4.79 Å². The van der Waals surface area contributed by atoms with E-state index in [-0.39, 0.29) is 12.5 Å². The van der Waals surface area contributed by atoms with Gasteiger partial charge in [-0.05, 0) is 70.6 Å². The van der Waals surface area contributed by atoms with Crippen LogP contribution in [0.15, 0.2) is 48.6 Å². The lowest BCUT2D eigenvalue weighted by Crippen LogP contribution is -2.45. The Morgan fingerprint density at radius 2 is 0.696 bits per heavy atom. The monoisotopic (exact) mass is 784 g/mol. The normalized spacial score (nSPS) is 13.3. The first kappa shape index (κ1) is 54.3. The van der Waals surface area contributed by atoms with Crippen LogP contribution >= 0.6 is 0 Å². The van der Waals surface area contributed by atoms with Crippen LogP contribution in [0.1, 0.15) is 258 Å². The third kappa shape index (κ3) is 43.5. The van der Waals surface area contributed by atoms with Crippen LogP contribution in [-0.4, -0.2) is 34.9 Å². The molecule has 3 N–H and O–H groups in total. The molecule has 328 valence electrons. The molecule has 0 spiro atoms. The average molecular weight is 784 g/mol. The van der Waals surface area contributed by atoms with E-state index in [1.54, 1.807) is 6.08 Å². The predicted octanol–water partition coefficient (Wildman–Crippen LogP) is 15.9. The quantitative estimate of drug-likeness (QED) is 0.0425. The number of amides is 1. The van der Waals surface area contributed by atoms with E-state index in [2.05, 4.69) is 55.6 Å². The first-order valence-corrected chi connectivity index (χ1v) is 24.9. The second kappa shape index (κ2) is 47.7. The predicted molar refractivity (Wildman–Crippen MR) is 248 cm³/mol. The summed E-state index contributed by atoms with van der Waals surface area (Å²) in [6.45, 7) is 4.31. The second-order valence-electron chi connectivity index (χ2n) is 16.9. The minimum absolute atomic E-state index is 0.0811. The number of nitrogens with one attached hydrogen (secondary N) is 1. The van der Waals surface area contributed by atoms with Crippen molar-refractivity contribution < 1.29 is 15.0 Å². The molecule has 0 rings (SSSR count). The third-order valence-corrected chi connectivity index (χ3v) is 11.3. The maximum absolute atomic E-state index is 12.4. The number of allylic oxidation sites excluding steroid dienone is 7. The van der Waals surface area contributed by atoms with Gasteiger partial charge in [0.15, 0.2) is 0 Å². The molecule has 0 saturated carbocycles. The summed E-state index contributed by atoms with van der Waals surface area (Å²) in [6, 6.07) is -0.648. The maximum Gasteiger partial charge on any atom is 0.220 e. The van der Waals surface area contributed by atoms with Gasteiger partial charge >= 0.3 is 0 Å². The first-order chi connectivity index (χ1) is 27.7. The Labute approximate surface area is 350 Å². The molecule has 0 aromatic rings. The van der Waals surface area contributed by atoms with Gasteiger partial charge in [0.1, 0.15) is 0 Å². The molecule has 4 nitrogen and oxygen atoms in total. The fourth-order valence-corrected chi connectivity index (χ4v) is 7.44. The molecule has 0 aliphatic rings. The minimum atomic E-state index is -0.873. The molecule has 4 heteroatoms. The standard InChI is InChI=1S/C52H97NO3/c1-3-5-7-9-11-13-15-17-19-21-23-25-26-28-29-31-33-35-37-39-41-43-45-47-51(55)50(49-54)53-52(56)48-46-44-42-40-38-36-34-32-30-27-24-22-20-18-16-14-12-10-8-6-4-2/h27,29-31,37,39,45,47,50-51,54-55H,3-26,28,32-36,38,40-44,46,48-49H2,1-2H3,(H,53,56)/b30-27-,31-29+,39-37+,47-45+. The van der Waals surface area contributed by atoms with E-state index >= 15 is 0 Å². The van der Waals surface area contributed by atoms with Crippen molar-refractivity contribution in [1.29, 1.82) is 0 Å². The van der Waals surface area contributed by atoms with Crippen molar-refractivity contribution in [1.82, 2.24) is 5.32 Å². The lowest BCUT2D eigenvalue weighted by Gasteiger charge is -2.19. The first-order valence-electron chi connectivity index (χ1n) is 24.9. The lowest BCUT2D eigenvalue weighted by molar-refractivity contribution is -0.123. The highest BCUT2D eigenvalue weighted by Gasteiger charge is 2.17. The Kier molecular flexibility index (Phi) is 46.3. The molecule has 0 saturated heterocycles. The molecule has 2 unspecified atom stereocenters. The molecule has 0 fully saturated rings. The second-order valence-corrected chi connectivity index (χ2v) is 16.9. The van der Waals surface area contributed by atoms with E-state index in [9.17, 15) is 15.0 Å². The van der Waals surface area contributed by atoms with E-state index in [0.717, 1.165) is 38.5 Å². The van der Waals surface area contributed by atoms with Gasteiger partial charge in [-0.2, -0.15) is 0 Å². The fourth-order valence-electron chi connectivity index (χ4n) is 7.44. The molecular formula is C52H97NO3. The summed E-state index contributed by atoms with van der Waals surface area (Å²) < 4.78 is 0. The number of hydrogen-bond acceptors (Lipinski definition) is 3. The van der Waals surface area contributed by atoms with Crippen molar-refractivity contribution in [3.63, 3.8) is 0 Å². The zero-order chi connectivity index (χ0) is 40.7. The number of carbonyl (C=O) groups is 1. The zero-order valence-corrected chi connectivity index (χ0v) is 37.7. The number of aliphatic hydroxyl groups is 2.